The zero-order valence-corrected chi connectivity index (χ0v) is 25.2. The third-order valence-electron chi connectivity index (χ3n) is 4.96. The molecule has 12 heteroatoms. The van der Waals surface area contributed by atoms with Crippen molar-refractivity contribution in [1.82, 2.24) is 9.88 Å². The number of aliphatic carboxylic acids is 1. The van der Waals surface area contributed by atoms with E-state index >= 15 is 0 Å². The number of anilines is 1. The number of aryl methyl sites for hydroxylation is 2. The minimum atomic E-state index is -1.39. The number of amides is 2. The molecule has 2 amide bonds. The molecule has 2 aromatic carbocycles. The minimum absolute atomic E-state index is 0. The number of aromatic nitrogens is 1. The van der Waals surface area contributed by atoms with E-state index < -0.39 is 41.5 Å². The van der Waals surface area contributed by atoms with Crippen LogP contribution in [0.15, 0.2) is 53.5 Å². The Morgan fingerprint density at radius 2 is 1.71 bits per heavy atom. The average molecular weight is 534 g/mol. The molecule has 0 saturated heterocycles. The summed E-state index contributed by atoms with van der Waals surface area (Å²) in [5.74, 6) is -2.01. The quantitative estimate of drug-likeness (QED) is 0.322. The maximum absolute atomic E-state index is 12.6. The van der Waals surface area contributed by atoms with Gasteiger partial charge in [-0.3, -0.25) is 4.79 Å². The van der Waals surface area contributed by atoms with E-state index in [1.807, 2.05) is 0 Å². The molecule has 0 aliphatic heterocycles. The van der Waals surface area contributed by atoms with Gasteiger partial charge in [0.1, 0.15) is 5.69 Å². The van der Waals surface area contributed by atoms with Crippen LogP contribution >= 0.6 is 23.2 Å². The molecular weight excluding hydrogens is 515 g/mol. The van der Waals surface area contributed by atoms with Gasteiger partial charge in [0, 0.05) is 25.6 Å². The van der Waals surface area contributed by atoms with Crippen LogP contribution in [0.3, 0.4) is 0 Å². The Kier molecular flexibility index (Phi) is 12.4. The van der Waals surface area contributed by atoms with Gasteiger partial charge >= 0.3 is 65.1 Å². The molecule has 0 saturated carbocycles. The molecule has 0 spiro atoms. The number of rotatable bonds is 6. The van der Waals surface area contributed by atoms with E-state index in [0.29, 0.717) is 21.2 Å². The van der Waals surface area contributed by atoms with E-state index in [2.05, 4.69) is 10.6 Å². The van der Waals surface area contributed by atoms with E-state index in [0.717, 1.165) is 5.56 Å². The van der Waals surface area contributed by atoms with Gasteiger partial charge in [-0.15, -0.1) is 0 Å². The van der Waals surface area contributed by atoms with Gasteiger partial charge in [-0.25, -0.2) is 4.79 Å². The molecule has 1 aromatic heterocycles. The molecule has 2 N–H and O–H groups in total. The molecule has 3 rings (SSSR count). The van der Waals surface area contributed by atoms with Crippen LogP contribution in [0.5, 0.6) is 5.75 Å². The molecular formula is C23H19Cl2N3Na2O5. The molecule has 0 fully saturated rings. The first-order valence-electron chi connectivity index (χ1n) is 9.76. The third-order valence-corrected chi connectivity index (χ3v) is 5.70. The summed E-state index contributed by atoms with van der Waals surface area (Å²) in [5.41, 5.74) is 1.09. The first-order chi connectivity index (χ1) is 15.6. The first kappa shape index (κ1) is 31.5. The number of hydrogen-bond donors (Lipinski definition) is 2. The van der Waals surface area contributed by atoms with Crippen molar-refractivity contribution in [1.29, 1.82) is 0 Å². The van der Waals surface area contributed by atoms with Gasteiger partial charge in [-0.05, 0) is 47.4 Å². The van der Waals surface area contributed by atoms with Crippen LogP contribution in [0.25, 0.3) is 11.1 Å². The monoisotopic (exact) mass is 533 g/mol. The molecule has 1 unspecified atom stereocenters. The van der Waals surface area contributed by atoms with Crippen molar-refractivity contribution < 1.29 is 78.9 Å². The van der Waals surface area contributed by atoms with Crippen molar-refractivity contribution in [3.63, 3.8) is 0 Å². The summed E-state index contributed by atoms with van der Waals surface area (Å²) in [6, 6.07) is 9.98. The van der Waals surface area contributed by atoms with Crippen LogP contribution in [-0.4, -0.2) is 16.6 Å². The van der Waals surface area contributed by atoms with E-state index in [4.69, 9.17) is 23.2 Å². The van der Waals surface area contributed by atoms with Crippen molar-refractivity contribution in [2.24, 2.45) is 7.05 Å². The van der Waals surface area contributed by atoms with Crippen molar-refractivity contribution in [3.05, 3.63) is 80.2 Å². The second-order valence-electron chi connectivity index (χ2n) is 7.41. The molecule has 8 nitrogen and oxygen atoms in total. The Morgan fingerprint density at radius 1 is 1.06 bits per heavy atom. The van der Waals surface area contributed by atoms with E-state index in [-0.39, 0.29) is 64.7 Å². The Labute approximate surface area is 256 Å². The molecule has 0 radical (unpaired) electrons. The molecule has 3 aromatic rings. The van der Waals surface area contributed by atoms with Gasteiger partial charge in [0.15, 0.2) is 0 Å². The van der Waals surface area contributed by atoms with Crippen LogP contribution < -0.4 is 85.5 Å². The second-order valence-corrected chi connectivity index (χ2v) is 8.23. The number of urea groups is 1. The molecule has 0 aliphatic rings. The summed E-state index contributed by atoms with van der Waals surface area (Å²) >= 11 is 12.1. The number of carboxylic acid groups (broad SMARTS) is 1. The zero-order chi connectivity index (χ0) is 24.3. The van der Waals surface area contributed by atoms with Gasteiger partial charge in [-0.1, -0.05) is 53.2 Å². The van der Waals surface area contributed by atoms with Crippen molar-refractivity contribution >= 4 is 40.9 Å². The Morgan fingerprint density at radius 3 is 2.34 bits per heavy atom. The topological polar surface area (TPSA) is 126 Å². The van der Waals surface area contributed by atoms with Crippen LogP contribution in [0.4, 0.5) is 10.5 Å². The number of benzene rings is 2. The fourth-order valence-electron chi connectivity index (χ4n) is 3.33. The van der Waals surface area contributed by atoms with Crippen molar-refractivity contribution in [3.8, 4) is 16.9 Å². The van der Waals surface area contributed by atoms with Crippen molar-refractivity contribution in [2.75, 3.05) is 5.32 Å². The van der Waals surface area contributed by atoms with Gasteiger partial charge in [0.25, 0.3) is 5.56 Å². The Hall–Kier alpha value is -1.49. The van der Waals surface area contributed by atoms with Crippen LogP contribution in [0.2, 0.25) is 10.0 Å². The first-order valence-corrected chi connectivity index (χ1v) is 10.5. The fourth-order valence-corrected chi connectivity index (χ4v) is 3.62. The Balaban J connectivity index is 0.00000306. The molecule has 0 bridgehead atoms. The van der Waals surface area contributed by atoms with Crippen LogP contribution in [0, 0.1) is 6.92 Å². The largest absolute Gasteiger partial charge is 1.00 e. The summed E-state index contributed by atoms with van der Waals surface area (Å²) in [7, 11) is 1.45. The Bertz CT molecular complexity index is 1300. The van der Waals surface area contributed by atoms with Gasteiger partial charge in [0.2, 0.25) is 0 Å². The second kappa shape index (κ2) is 13.7. The number of halogens is 2. The smallest absolute Gasteiger partial charge is 0.871 e. The van der Waals surface area contributed by atoms with Crippen LogP contribution in [0.1, 0.15) is 23.6 Å². The number of hydrogen-bond acceptors (Lipinski definition) is 5. The van der Waals surface area contributed by atoms with Gasteiger partial charge in [0.05, 0.1) is 16.1 Å². The van der Waals surface area contributed by atoms with Gasteiger partial charge < -0.3 is 30.2 Å². The number of carbonyl (C=O) groups is 2. The standard InChI is InChI=1S/C23H21Cl2N3O5.2Na/c1-12-11-28(2)22(32)20(21(12)31)27-23(33)26-18(10-19(29)30)15-5-3-4-13(8-15)14-6-7-16(24)17(25)9-14;;/h3-9,11,18,31H,10H2,1-2H3,(H,29,30)(H2,26,27,33);;/q;2*+1/p-2. The predicted molar refractivity (Wildman–Crippen MR) is 122 cm³/mol. The average Bonchev–Trinajstić information content (AvgIpc) is 2.76. The molecule has 172 valence electrons. The number of pyridine rings is 1. The molecule has 1 atom stereocenters. The fraction of sp³-hybridized carbons (Fsp3) is 0.174. The molecule has 1 heterocycles. The number of nitrogens with one attached hydrogen (secondary N) is 2. The van der Waals surface area contributed by atoms with Crippen LogP contribution in [-0.2, 0) is 11.8 Å². The number of carbonyl (C=O) groups excluding carboxylic acids is 2. The summed E-state index contributed by atoms with van der Waals surface area (Å²) in [5, 5.41) is 29.1. The SMILES string of the molecule is Cc1cn(C)c(=O)c(NC(=O)NC(CC(=O)[O-])c2cccc(-c3ccc(Cl)c(Cl)c3)c2)c1[O-].[Na+].[Na+]. The maximum atomic E-state index is 12.6. The summed E-state index contributed by atoms with van der Waals surface area (Å²) in [6.07, 6.45) is 0.829. The summed E-state index contributed by atoms with van der Waals surface area (Å²) in [4.78, 5) is 36.2. The van der Waals surface area contributed by atoms with Crippen molar-refractivity contribution in [2.45, 2.75) is 19.4 Å². The van der Waals surface area contributed by atoms with E-state index in [9.17, 15) is 24.6 Å². The minimum Gasteiger partial charge on any atom is -0.871 e. The molecule has 0 aliphatic carbocycles. The normalized spacial score (nSPS) is 11.0. The van der Waals surface area contributed by atoms with Gasteiger partial charge in [-0.2, -0.15) is 0 Å². The van der Waals surface area contributed by atoms with E-state index in [1.54, 1.807) is 42.5 Å². The zero-order valence-electron chi connectivity index (χ0n) is 19.6. The number of nitrogens with zero attached hydrogens (tertiary/aromatic N) is 1. The predicted octanol–water partition coefficient (Wildman–Crippen LogP) is -3.25. The maximum Gasteiger partial charge on any atom is 1.00 e. The number of carboxylic acids is 1. The summed E-state index contributed by atoms with van der Waals surface area (Å²) in [6.45, 7) is 1.51. The molecule has 35 heavy (non-hydrogen) atoms. The summed E-state index contributed by atoms with van der Waals surface area (Å²) < 4.78 is 1.17. The third kappa shape index (κ3) is 8.00. The van der Waals surface area contributed by atoms with E-state index in [1.165, 1.54) is 24.7 Å².